The molecular formula is C22H26FN3O3. The third-order valence-corrected chi connectivity index (χ3v) is 5.32. The maximum atomic E-state index is 12.9. The molecule has 6 nitrogen and oxygen atoms in total. The van der Waals surface area contributed by atoms with Crippen molar-refractivity contribution in [3.05, 3.63) is 59.4 Å². The lowest BCUT2D eigenvalue weighted by Crippen LogP contribution is -2.49. The predicted molar refractivity (Wildman–Crippen MR) is 107 cm³/mol. The van der Waals surface area contributed by atoms with Gasteiger partial charge in [-0.25, -0.2) is 4.39 Å². The Morgan fingerprint density at radius 2 is 1.62 bits per heavy atom. The van der Waals surface area contributed by atoms with E-state index in [0.717, 1.165) is 49.8 Å². The van der Waals surface area contributed by atoms with Gasteiger partial charge in [0, 0.05) is 39.3 Å². The van der Waals surface area contributed by atoms with Gasteiger partial charge in [-0.15, -0.1) is 0 Å². The quantitative estimate of drug-likeness (QED) is 0.772. The molecule has 2 aromatic carbocycles. The molecule has 1 N–H and O–H groups in total. The van der Waals surface area contributed by atoms with Crippen LogP contribution >= 0.6 is 0 Å². The van der Waals surface area contributed by atoms with E-state index in [1.165, 1.54) is 17.7 Å². The first-order valence-electron chi connectivity index (χ1n) is 10.00. The number of piperazine rings is 1. The number of halogens is 1. The Kier molecular flexibility index (Phi) is 6.27. The van der Waals surface area contributed by atoms with E-state index >= 15 is 0 Å². The van der Waals surface area contributed by atoms with E-state index in [9.17, 15) is 9.18 Å². The Bertz CT molecular complexity index is 836. The predicted octanol–water partition coefficient (Wildman–Crippen LogP) is 2.03. The van der Waals surface area contributed by atoms with Gasteiger partial charge in [-0.3, -0.25) is 14.6 Å². The average molecular weight is 399 g/mol. The van der Waals surface area contributed by atoms with Crippen molar-refractivity contribution < 1.29 is 18.7 Å². The zero-order valence-corrected chi connectivity index (χ0v) is 16.4. The standard InChI is InChI=1S/C22H26FN3O3/c23-19-4-1-17(2-5-19)7-8-24-22(27)15-26-11-9-25(10-12-26)14-18-3-6-20-21(13-18)29-16-28-20/h1-6,13H,7-12,14-16H2,(H,24,27). The van der Waals surface area contributed by atoms with Crippen LogP contribution in [0.1, 0.15) is 11.1 Å². The molecule has 154 valence electrons. The highest BCUT2D eigenvalue weighted by Crippen LogP contribution is 2.32. The number of ether oxygens (including phenoxy) is 2. The average Bonchev–Trinajstić information content (AvgIpc) is 3.19. The van der Waals surface area contributed by atoms with Gasteiger partial charge in [0.25, 0.3) is 0 Å². The molecule has 29 heavy (non-hydrogen) atoms. The van der Waals surface area contributed by atoms with E-state index in [2.05, 4.69) is 21.2 Å². The van der Waals surface area contributed by atoms with Gasteiger partial charge in [0.2, 0.25) is 12.7 Å². The van der Waals surface area contributed by atoms with E-state index in [1.54, 1.807) is 12.1 Å². The summed E-state index contributed by atoms with van der Waals surface area (Å²) in [6.07, 6.45) is 0.704. The van der Waals surface area contributed by atoms with E-state index in [-0.39, 0.29) is 11.7 Å². The highest BCUT2D eigenvalue weighted by atomic mass is 19.1. The van der Waals surface area contributed by atoms with Gasteiger partial charge in [0.1, 0.15) is 5.82 Å². The minimum atomic E-state index is -0.240. The highest BCUT2D eigenvalue weighted by molar-refractivity contribution is 5.78. The number of rotatable bonds is 7. The lowest BCUT2D eigenvalue weighted by atomic mass is 10.1. The van der Waals surface area contributed by atoms with Crippen molar-refractivity contribution >= 4 is 5.91 Å². The van der Waals surface area contributed by atoms with Crippen LogP contribution in [-0.4, -0.2) is 61.8 Å². The molecule has 7 heteroatoms. The summed E-state index contributed by atoms with van der Waals surface area (Å²) in [6, 6.07) is 12.5. The van der Waals surface area contributed by atoms with Crippen molar-refractivity contribution in [2.45, 2.75) is 13.0 Å². The van der Waals surface area contributed by atoms with Crippen molar-refractivity contribution in [1.82, 2.24) is 15.1 Å². The van der Waals surface area contributed by atoms with Gasteiger partial charge in [-0.2, -0.15) is 0 Å². The largest absolute Gasteiger partial charge is 0.454 e. The number of fused-ring (bicyclic) bond motifs is 1. The zero-order chi connectivity index (χ0) is 20.1. The van der Waals surface area contributed by atoms with Crippen molar-refractivity contribution in [3.63, 3.8) is 0 Å². The third kappa shape index (κ3) is 5.46. The SMILES string of the molecule is O=C(CN1CCN(Cc2ccc3c(c2)OCO3)CC1)NCCc1ccc(F)cc1. The second-order valence-electron chi connectivity index (χ2n) is 7.47. The summed E-state index contributed by atoms with van der Waals surface area (Å²) in [5.41, 5.74) is 2.23. The van der Waals surface area contributed by atoms with Gasteiger partial charge in [0.05, 0.1) is 6.54 Å². The van der Waals surface area contributed by atoms with Crippen LogP contribution in [-0.2, 0) is 17.8 Å². The fourth-order valence-electron chi connectivity index (χ4n) is 3.66. The molecule has 0 bridgehead atoms. The summed E-state index contributed by atoms with van der Waals surface area (Å²) in [7, 11) is 0. The number of carbonyl (C=O) groups excluding carboxylic acids is 1. The first kappa shape index (κ1) is 19.7. The Balaban J connectivity index is 1.15. The molecule has 2 aliphatic heterocycles. The summed E-state index contributed by atoms with van der Waals surface area (Å²) in [6.45, 7) is 5.74. The van der Waals surface area contributed by atoms with Gasteiger partial charge in [-0.1, -0.05) is 18.2 Å². The number of nitrogens with zero attached hydrogens (tertiary/aromatic N) is 2. The number of carbonyl (C=O) groups is 1. The van der Waals surface area contributed by atoms with Crippen LogP contribution in [0.2, 0.25) is 0 Å². The van der Waals surface area contributed by atoms with Crippen molar-refractivity contribution in [2.75, 3.05) is 46.1 Å². The van der Waals surface area contributed by atoms with Crippen molar-refractivity contribution in [2.24, 2.45) is 0 Å². The molecule has 1 fully saturated rings. The second kappa shape index (κ2) is 9.24. The molecule has 0 aromatic heterocycles. The Labute approximate surface area is 170 Å². The number of hydrogen-bond donors (Lipinski definition) is 1. The van der Waals surface area contributed by atoms with E-state index in [4.69, 9.17) is 9.47 Å². The summed E-state index contributed by atoms with van der Waals surface area (Å²) in [5, 5.41) is 2.95. The molecule has 2 aromatic rings. The smallest absolute Gasteiger partial charge is 0.234 e. The molecule has 0 aliphatic carbocycles. The van der Waals surface area contributed by atoms with Gasteiger partial charge in [-0.05, 0) is 41.8 Å². The van der Waals surface area contributed by atoms with Crippen LogP contribution in [0.5, 0.6) is 11.5 Å². The maximum Gasteiger partial charge on any atom is 0.234 e. The van der Waals surface area contributed by atoms with Crippen molar-refractivity contribution in [3.8, 4) is 11.5 Å². The van der Waals surface area contributed by atoms with Crippen molar-refractivity contribution in [1.29, 1.82) is 0 Å². The van der Waals surface area contributed by atoms with Crippen LogP contribution in [0.4, 0.5) is 4.39 Å². The lowest BCUT2D eigenvalue weighted by Gasteiger charge is -2.34. The summed E-state index contributed by atoms with van der Waals surface area (Å²) in [4.78, 5) is 16.8. The lowest BCUT2D eigenvalue weighted by molar-refractivity contribution is -0.122. The molecule has 0 radical (unpaired) electrons. The van der Waals surface area contributed by atoms with Gasteiger partial charge < -0.3 is 14.8 Å². The highest BCUT2D eigenvalue weighted by Gasteiger charge is 2.20. The monoisotopic (exact) mass is 399 g/mol. The van der Waals surface area contributed by atoms with Crippen LogP contribution in [0.3, 0.4) is 0 Å². The van der Waals surface area contributed by atoms with Crippen LogP contribution in [0, 0.1) is 5.82 Å². The molecule has 0 unspecified atom stereocenters. The molecule has 2 aliphatic rings. The second-order valence-corrected chi connectivity index (χ2v) is 7.47. The van der Waals surface area contributed by atoms with Crippen LogP contribution in [0.15, 0.2) is 42.5 Å². The molecule has 1 amide bonds. The molecule has 1 saturated heterocycles. The molecule has 0 atom stereocenters. The van der Waals surface area contributed by atoms with Gasteiger partial charge >= 0.3 is 0 Å². The first-order valence-corrected chi connectivity index (χ1v) is 10.00. The molecule has 0 spiro atoms. The number of nitrogens with one attached hydrogen (secondary N) is 1. The molecule has 0 saturated carbocycles. The van der Waals surface area contributed by atoms with E-state index in [0.29, 0.717) is 26.3 Å². The van der Waals surface area contributed by atoms with Gasteiger partial charge in [0.15, 0.2) is 11.5 Å². The number of hydrogen-bond acceptors (Lipinski definition) is 5. The maximum absolute atomic E-state index is 12.9. The fourth-order valence-corrected chi connectivity index (χ4v) is 3.66. The summed E-state index contributed by atoms with van der Waals surface area (Å²) < 4.78 is 23.7. The minimum absolute atomic E-state index is 0.0383. The number of amides is 1. The topological polar surface area (TPSA) is 54.0 Å². The van der Waals surface area contributed by atoms with E-state index in [1.807, 2.05) is 12.1 Å². The summed E-state index contributed by atoms with van der Waals surface area (Å²) in [5.74, 6) is 1.43. The molecule has 4 rings (SSSR count). The van der Waals surface area contributed by atoms with Crippen LogP contribution in [0.25, 0.3) is 0 Å². The summed E-state index contributed by atoms with van der Waals surface area (Å²) >= 11 is 0. The number of benzene rings is 2. The third-order valence-electron chi connectivity index (χ3n) is 5.32. The van der Waals surface area contributed by atoms with Crippen LogP contribution < -0.4 is 14.8 Å². The van der Waals surface area contributed by atoms with E-state index < -0.39 is 0 Å². The Hall–Kier alpha value is -2.64. The fraction of sp³-hybridized carbons (Fsp3) is 0.409. The minimum Gasteiger partial charge on any atom is -0.454 e. The first-order chi connectivity index (χ1) is 14.2. The molecular weight excluding hydrogens is 373 g/mol. The Morgan fingerprint density at radius 1 is 0.931 bits per heavy atom. The Morgan fingerprint density at radius 3 is 2.41 bits per heavy atom. The normalized spacial score (nSPS) is 16.7. The zero-order valence-electron chi connectivity index (χ0n) is 16.4. The molecule has 2 heterocycles.